The second-order valence-corrected chi connectivity index (χ2v) is 6.09. The molecule has 2 aliphatic rings. The molecule has 2 atom stereocenters. The zero-order chi connectivity index (χ0) is 14.6. The molecule has 0 bridgehead atoms. The maximum atomic E-state index is 12.4. The van der Waals surface area contributed by atoms with Crippen LogP contribution in [0.4, 0.5) is 4.79 Å². The summed E-state index contributed by atoms with van der Waals surface area (Å²) in [4.78, 5) is 25.0. The highest BCUT2D eigenvalue weighted by atomic mass is 16.5. The van der Waals surface area contributed by atoms with Gasteiger partial charge in [0.2, 0.25) is 0 Å². The van der Waals surface area contributed by atoms with E-state index < -0.39 is 5.97 Å². The highest BCUT2D eigenvalue weighted by Gasteiger charge is 2.34. The Morgan fingerprint density at radius 2 is 2.20 bits per heavy atom. The second kappa shape index (κ2) is 6.43. The van der Waals surface area contributed by atoms with Crippen LogP contribution in [-0.4, -0.2) is 53.3 Å². The van der Waals surface area contributed by atoms with E-state index in [0.717, 1.165) is 38.7 Å². The number of piperidine rings is 1. The molecule has 0 aromatic carbocycles. The monoisotopic (exact) mass is 284 g/mol. The van der Waals surface area contributed by atoms with Crippen molar-refractivity contribution in [3.05, 3.63) is 0 Å². The predicted molar refractivity (Wildman–Crippen MR) is 73.6 cm³/mol. The summed E-state index contributed by atoms with van der Waals surface area (Å²) in [7, 11) is 0. The van der Waals surface area contributed by atoms with Gasteiger partial charge in [0.05, 0.1) is 18.6 Å². The smallest absolute Gasteiger partial charge is 0.318 e. The molecule has 0 aromatic heterocycles. The van der Waals surface area contributed by atoms with Gasteiger partial charge in [0.15, 0.2) is 0 Å². The fourth-order valence-electron chi connectivity index (χ4n) is 3.04. The van der Waals surface area contributed by atoms with Crippen LogP contribution < -0.4 is 5.32 Å². The van der Waals surface area contributed by atoms with Gasteiger partial charge in [0, 0.05) is 19.2 Å². The molecule has 114 valence electrons. The summed E-state index contributed by atoms with van der Waals surface area (Å²) in [6, 6.07) is -0.335. The number of carbonyl (C=O) groups excluding carboxylic acids is 1. The number of likely N-dealkylation sites (tertiary alicyclic amines) is 1. The van der Waals surface area contributed by atoms with E-state index in [4.69, 9.17) is 9.84 Å². The maximum absolute atomic E-state index is 12.4. The first-order chi connectivity index (χ1) is 9.50. The fraction of sp³-hybridized carbons (Fsp3) is 0.857. The van der Waals surface area contributed by atoms with Gasteiger partial charge >= 0.3 is 12.0 Å². The van der Waals surface area contributed by atoms with Crippen molar-refractivity contribution in [3.8, 4) is 0 Å². The minimum atomic E-state index is -0.845. The molecule has 0 radical (unpaired) electrons. The lowest BCUT2D eigenvalue weighted by molar-refractivity contribution is -0.138. The number of carboxylic acid groups (broad SMARTS) is 1. The van der Waals surface area contributed by atoms with Crippen LogP contribution >= 0.6 is 0 Å². The quantitative estimate of drug-likeness (QED) is 0.825. The Balaban J connectivity index is 1.96. The molecule has 0 aliphatic carbocycles. The first-order valence-corrected chi connectivity index (χ1v) is 7.38. The van der Waals surface area contributed by atoms with E-state index in [2.05, 4.69) is 5.32 Å². The normalized spacial score (nSPS) is 30.9. The molecule has 2 rings (SSSR count). The van der Waals surface area contributed by atoms with E-state index in [1.54, 1.807) is 4.90 Å². The third-order valence-electron chi connectivity index (χ3n) is 4.14. The van der Waals surface area contributed by atoms with Crippen LogP contribution in [0.15, 0.2) is 0 Å². The molecule has 0 saturated carbocycles. The van der Waals surface area contributed by atoms with Crippen LogP contribution in [0.3, 0.4) is 0 Å². The average molecular weight is 284 g/mol. The van der Waals surface area contributed by atoms with Crippen molar-refractivity contribution in [2.75, 3.05) is 19.8 Å². The van der Waals surface area contributed by atoms with Gasteiger partial charge in [-0.1, -0.05) is 0 Å². The number of amides is 2. The van der Waals surface area contributed by atoms with Crippen LogP contribution in [0.1, 0.15) is 45.4 Å². The van der Waals surface area contributed by atoms with Gasteiger partial charge in [0.25, 0.3) is 0 Å². The number of hydrogen-bond donors (Lipinski definition) is 2. The predicted octanol–water partition coefficient (Wildman–Crippen LogP) is 1.59. The summed E-state index contributed by atoms with van der Waals surface area (Å²) < 4.78 is 5.44. The van der Waals surface area contributed by atoms with E-state index in [0.29, 0.717) is 13.2 Å². The zero-order valence-corrected chi connectivity index (χ0v) is 12.1. The zero-order valence-electron chi connectivity index (χ0n) is 12.1. The lowest BCUT2D eigenvalue weighted by Crippen LogP contribution is -2.58. The molecule has 2 fully saturated rings. The van der Waals surface area contributed by atoms with Crippen molar-refractivity contribution >= 4 is 12.0 Å². The lowest BCUT2D eigenvalue weighted by Gasteiger charge is -2.40. The van der Waals surface area contributed by atoms with E-state index in [1.165, 1.54) is 0 Å². The minimum Gasteiger partial charge on any atom is -0.481 e. The Morgan fingerprint density at radius 3 is 2.85 bits per heavy atom. The number of hydrogen-bond acceptors (Lipinski definition) is 3. The first-order valence-electron chi connectivity index (χ1n) is 7.38. The Kier molecular flexibility index (Phi) is 4.86. The third-order valence-corrected chi connectivity index (χ3v) is 4.14. The summed E-state index contributed by atoms with van der Waals surface area (Å²) in [5.74, 6) is -0.845. The first kappa shape index (κ1) is 15.1. The van der Waals surface area contributed by atoms with E-state index >= 15 is 0 Å². The number of nitrogens with zero attached hydrogens (tertiary/aromatic N) is 1. The Bertz CT molecular complexity index is 366. The van der Waals surface area contributed by atoms with Crippen LogP contribution in [0.25, 0.3) is 0 Å². The lowest BCUT2D eigenvalue weighted by atomic mass is 9.94. The number of carboxylic acids is 1. The molecule has 6 heteroatoms. The third kappa shape index (κ3) is 3.85. The van der Waals surface area contributed by atoms with Gasteiger partial charge in [0.1, 0.15) is 0 Å². The summed E-state index contributed by atoms with van der Waals surface area (Å²) in [6.07, 6.45) is 4.57. The Labute approximate surface area is 119 Å². The molecule has 2 N–H and O–H groups in total. The van der Waals surface area contributed by atoms with Crippen LogP contribution in [0, 0.1) is 0 Å². The standard InChI is InChI=1S/C14H24N2O4/c1-14(6-4-8-20-10-14)15-13(19)16-7-3-2-5-11(16)9-12(17)18/h11H,2-10H2,1H3,(H,15,19)(H,17,18). The molecule has 2 unspecified atom stereocenters. The van der Waals surface area contributed by atoms with Crippen LogP contribution in [0.2, 0.25) is 0 Å². The Morgan fingerprint density at radius 1 is 1.40 bits per heavy atom. The van der Waals surface area contributed by atoms with Crippen molar-refractivity contribution in [2.45, 2.75) is 57.0 Å². The molecular weight excluding hydrogens is 260 g/mol. The van der Waals surface area contributed by atoms with E-state index in [1.807, 2.05) is 6.92 Å². The van der Waals surface area contributed by atoms with Crippen LogP contribution in [0.5, 0.6) is 0 Å². The van der Waals surface area contributed by atoms with Gasteiger partial charge in [-0.3, -0.25) is 4.79 Å². The van der Waals surface area contributed by atoms with Crippen molar-refractivity contribution in [1.82, 2.24) is 10.2 Å². The van der Waals surface area contributed by atoms with Crippen molar-refractivity contribution in [3.63, 3.8) is 0 Å². The second-order valence-electron chi connectivity index (χ2n) is 6.09. The molecule has 0 aromatic rings. The number of urea groups is 1. The van der Waals surface area contributed by atoms with Gasteiger partial charge in [-0.15, -0.1) is 0 Å². The summed E-state index contributed by atoms with van der Waals surface area (Å²) in [5, 5.41) is 12.0. The fourth-order valence-corrected chi connectivity index (χ4v) is 3.04. The number of aliphatic carboxylic acids is 1. The molecule has 2 saturated heterocycles. The summed E-state index contributed by atoms with van der Waals surface area (Å²) in [6.45, 7) is 3.90. The van der Waals surface area contributed by atoms with Gasteiger partial charge < -0.3 is 20.1 Å². The number of nitrogens with one attached hydrogen (secondary N) is 1. The van der Waals surface area contributed by atoms with E-state index in [9.17, 15) is 9.59 Å². The molecule has 6 nitrogen and oxygen atoms in total. The summed E-state index contributed by atoms with van der Waals surface area (Å²) in [5.41, 5.74) is -0.333. The van der Waals surface area contributed by atoms with Gasteiger partial charge in [-0.25, -0.2) is 4.79 Å². The van der Waals surface area contributed by atoms with Gasteiger partial charge in [-0.2, -0.15) is 0 Å². The molecule has 0 spiro atoms. The highest BCUT2D eigenvalue weighted by Crippen LogP contribution is 2.23. The molecular formula is C14H24N2O4. The molecule has 20 heavy (non-hydrogen) atoms. The van der Waals surface area contributed by atoms with Crippen LogP contribution in [-0.2, 0) is 9.53 Å². The number of carbonyl (C=O) groups is 2. The molecule has 2 heterocycles. The maximum Gasteiger partial charge on any atom is 0.318 e. The van der Waals surface area contributed by atoms with Crippen molar-refractivity contribution in [1.29, 1.82) is 0 Å². The van der Waals surface area contributed by atoms with Crippen molar-refractivity contribution < 1.29 is 19.4 Å². The molecule has 2 aliphatic heterocycles. The van der Waals surface area contributed by atoms with Crippen molar-refractivity contribution in [2.24, 2.45) is 0 Å². The topological polar surface area (TPSA) is 78.9 Å². The SMILES string of the molecule is CC1(NC(=O)N2CCCCC2CC(=O)O)CCCOC1. The average Bonchev–Trinajstić information content (AvgIpc) is 2.38. The number of ether oxygens (including phenoxy) is 1. The minimum absolute atomic E-state index is 0.0284. The Hall–Kier alpha value is -1.30. The summed E-state index contributed by atoms with van der Waals surface area (Å²) >= 11 is 0. The highest BCUT2D eigenvalue weighted by molar-refractivity contribution is 5.77. The molecule has 2 amide bonds. The largest absolute Gasteiger partial charge is 0.481 e. The van der Waals surface area contributed by atoms with E-state index in [-0.39, 0.29) is 24.0 Å². The van der Waals surface area contributed by atoms with Gasteiger partial charge in [-0.05, 0) is 39.0 Å². The number of rotatable bonds is 3.